The van der Waals surface area contributed by atoms with Crippen LogP contribution in [0, 0.1) is 5.92 Å². The Labute approximate surface area is 82.0 Å². The molecule has 1 atom stereocenters. The molecule has 0 saturated heterocycles. The van der Waals surface area contributed by atoms with Gasteiger partial charge >= 0.3 is 0 Å². The SMILES string of the molecule is CC(Cc1ccc(O)c(O)c1)C(N)=O. The normalized spacial score (nSPS) is 12.4. The monoisotopic (exact) mass is 195 g/mol. The van der Waals surface area contributed by atoms with Gasteiger partial charge in [0.1, 0.15) is 0 Å². The van der Waals surface area contributed by atoms with E-state index in [9.17, 15) is 9.90 Å². The Balaban J connectivity index is 2.78. The second-order valence-corrected chi connectivity index (χ2v) is 3.33. The van der Waals surface area contributed by atoms with Gasteiger partial charge in [-0.15, -0.1) is 0 Å². The molecule has 0 bridgehead atoms. The third-order valence-corrected chi connectivity index (χ3v) is 2.07. The maximum absolute atomic E-state index is 10.8. The fourth-order valence-electron chi connectivity index (χ4n) is 1.15. The second kappa shape index (κ2) is 4.00. The number of benzene rings is 1. The van der Waals surface area contributed by atoms with Crippen LogP contribution in [0.5, 0.6) is 11.5 Å². The fraction of sp³-hybridized carbons (Fsp3) is 0.300. The zero-order valence-electron chi connectivity index (χ0n) is 7.90. The maximum Gasteiger partial charge on any atom is 0.220 e. The van der Waals surface area contributed by atoms with Crippen molar-refractivity contribution in [2.45, 2.75) is 13.3 Å². The second-order valence-electron chi connectivity index (χ2n) is 3.33. The molecule has 1 rings (SSSR count). The van der Waals surface area contributed by atoms with Gasteiger partial charge in [0.05, 0.1) is 0 Å². The molecule has 0 aliphatic carbocycles. The van der Waals surface area contributed by atoms with Crippen molar-refractivity contribution >= 4 is 5.91 Å². The zero-order chi connectivity index (χ0) is 10.7. The summed E-state index contributed by atoms with van der Waals surface area (Å²) < 4.78 is 0. The van der Waals surface area contributed by atoms with Gasteiger partial charge in [-0.2, -0.15) is 0 Å². The number of nitrogens with two attached hydrogens (primary N) is 1. The molecule has 1 unspecified atom stereocenters. The minimum absolute atomic E-state index is 0.166. The van der Waals surface area contributed by atoms with Crippen LogP contribution in [0.1, 0.15) is 12.5 Å². The van der Waals surface area contributed by atoms with E-state index in [1.54, 1.807) is 13.0 Å². The lowest BCUT2D eigenvalue weighted by atomic mass is 10.0. The Kier molecular flexibility index (Phi) is 2.96. The Morgan fingerprint density at radius 1 is 1.43 bits per heavy atom. The van der Waals surface area contributed by atoms with Crippen LogP contribution in [0.25, 0.3) is 0 Å². The van der Waals surface area contributed by atoms with Gasteiger partial charge in [-0.05, 0) is 24.1 Å². The topological polar surface area (TPSA) is 83.6 Å². The van der Waals surface area contributed by atoms with E-state index in [1.165, 1.54) is 12.1 Å². The van der Waals surface area contributed by atoms with Crippen molar-refractivity contribution in [2.24, 2.45) is 11.7 Å². The van der Waals surface area contributed by atoms with Gasteiger partial charge in [0, 0.05) is 5.92 Å². The number of hydrogen-bond donors (Lipinski definition) is 3. The molecule has 14 heavy (non-hydrogen) atoms. The summed E-state index contributed by atoms with van der Waals surface area (Å²) in [5, 5.41) is 18.2. The number of phenols is 2. The van der Waals surface area contributed by atoms with E-state index in [2.05, 4.69) is 0 Å². The lowest BCUT2D eigenvalue weighted by molar-refractivity contribution is -0.121. The Hall–Kier alpha value is -1.71. The van der Waals surface area contributed by atoms with E-state index in [0.29, 0.717) is 6.42 Å². The molecule has 4 N–H and O–H groups in total. The van der Waals surface area contributed by atoms with E-state index < -0.39 is 0 Å². The highest BCUT2D eigenvalue weighted by Gasteiger charge is 2.10. The van der Waals surface area contributed by atoms with Gasteiger partial charge in [0.2, 0.25) is 5.91 Å². The summed E-state index contributed by atoms with van der Waals surface area (Å²) in [5.41, 5.74) is 5.87. The lowest BCUT2D eigenvalue weighted by Crippen LogP contribution is -2.22. The predicted octanol–water partition coefficient (Wildman–Crippen LogP) is 0.762. The third-order valence-electron chi connectivity index (χ3n) is 2.07. The molecule has 0 heterocycles. The quantitative estimate of drug-likeness (QED) is 0.622. The fourth-order valence-corrected chi connectivity index (χ4v) is 1.15. The first kappa shape index (κ1) is 10.4. The van der Waals surface area contributed by atoms with Crippen molar-refractivity contribution < 1.29 is 15.0 Å². The molecule has 0 saturated carbocycles. The van der Waals surface area contributed by atoms with Crippen LogP contribution in [0.15, 0.2) is 18.2 Å². The molecule has 0 radical (unpaired) electrons. The number of rotatable bonds is 3. The summed E-state index contributed by atoms with van der Waals surface area (Å²) >= 11 is 0. The van der Waals surface area contributed by atoms with Gasteiger partial charge in [0.25, 0.3) is 0 Å². The summed E-state index contributed by atoms with van der Waals surface area (Å²) in [6.45, 7) is 1.71. The first-order valence-corrected chi connectivity index (χ1v) is 4.31. The standard InChI is InChI=1S/C10H13NO3/c1-6(10(11)14)4-7-2-3-8(12)9(13)5-7/h2-3,5-6,12-13H,4H2,1H3,(H2,11,14). The van der Waals surface area contributed by atoms with Crippen LogP contribution in [0.4, 0.5) is 0 Å². The number of aromatic hydroxyl groups is 2. The minimum atomic E-state index is -0.377. The molecule has 1 aromatic carbocycles. The average molecular weight is 195 g/mol. The highest BCUT2D eigenvalue weighted by molar-refractivity contribution is 5.76. The minimum Gasteiger partial charge on any atom is -0.504 e. The van der Waals surface area contributed by atoms with Crippen molar-refractivity contribution in [1.29, 1.82) is 0 Å². The average Bonchev–Trinajstić information content (AvgIpc) is 2.11. The number of hydrogen-bond acceptors (Lipinski definition) is 3. The van der Waals surface area contributed by atoms with Gasteiger partial charge in [-0.1, -0.05) is 13.0 Å². The number of carbonyl (C=O) groups excluding carboxylic acids is 1. The number of primary amides is 1. The molecule has 1 amide bonds. The van der Waals surface area contributed by atoms with E-state index in [1.807, 2.05) is 0 Å². The van der Waals surface area contributed by atoms with Crippen molar-refractivity contribution in [1.82, 2.24) is 0 Å². The van der Waals surface area contributed by atoms with E-state index in [-0.39, 0.29) is 23.3 Å². The smallest absolute Gasteiger partial charge is 0.220 e. The molecule has 0 aromatic heterocycles. The lowest BCUT2D eigenvalue weighted by Gasteiger charge is -2.07. The first-order valence-electron chi connectivity index (χ1n) is 4.31. The molecular weight excluding hydrogens is 182 g/mol. The van der Waals surface area contributed by atoms with Gasteiger partial charge in [-0.25, -0.2) is 0 Å². The molecule has 0 aliphatic heterocycles. The molecule has 0 spiro atoms. The number of amides is 1. The number of phenolic OH excluding ortho intramolecular Hbond substituents is 2. The van der Waals surface area contributed by atoms with E-state index >= 15 is 0 Å². The summed E-state index contributed by atoms with van der Waals surface area (Å²) in [6, 6.07) is 4.46. The van der Waals surface area contributed by atoms with Gasteiger partial charge in [-0.3, -0.25) is 4.79 Å². The van der Waals surface area contributed by atoms with Gasteiger partial charge in [0.15, 0.2) is 11.5 Å². The van der Waals surface area contributed by atoms with Gasteiger partial charge < -0.3 is 15.9 Å². The highest BCUT2D eigenvalue weighted by atomic mass is 16.3. The van der Waals surface area contributed by atoms with Crippen LogP contribution < -0.4 is 5.73 Å². The van der Waals surface area contributed by atoms with Crippen LogP contribution in [-0.4, -0.2) is 16.1 Å². The van der Waals surface area contributed by atoms with E-state index in [0.717, 1.165) is 5.56 Å². The van der Waals surface area contributed by atoms with Crippen LogP contribution in [0.3, 0.4) is 0 Å². The third kappa shape index (κ3) is 2.39. The van der Waals surface area contributed by atoms with Crippen LogP contribution >= 0.6 is 0 Å². The molecular formula is C10H13NO3. The van der Waals surface area contributed by atoms with Crippen molar-refractivity contribution in [2.75, 3.05) is 0 Å². The summed E-state index contributed by atoms with van der Waals surface area (Å²) in [4.78, 5) is 10.8. The highest BCUT2D eigenvalue weighted by Crippen LogP contribution is 2.25. The Morgan fingerprint density at radius 3 is 2.57 bits per heavy atom. The van der Waals surface area contributed by atoms with Crippen LogP contribution in [-0.2, 0) is 11.2 Å². The maximum atomic E-state index is 10.8. The Morgan fingerprint density at radius 2 is 2.07 bits per heavy atom. The van der Waals surface area contributed by atoms with Crippen LogP contribution in [0.2, 0.25) is 0 Å². The largest absolute Gasteiger partial charge is 0.504 e. The predicted molar refractivity (Wildman–Crippen MR) is 51.8 cm³/mol. The van der Waals surface area contributed by atoms with E-state index in [4.69, 9.17) is 10.8 Å². The summed E-state index contributed by atoms with van der Waals surface area (Å²) in [6.07, 6.45) is 0.461. The molecule has 4 heteroatoms. The molecule has 0 fully saturated rings. The number of carbonyl (C=O) groups is 1. The molecule has 1 aromatic rings. The molecule has 76 valence electrons. The van der Waals surface area contributed by atoms with Crippen molar-refractivity contribution in [3.05, 3.63) is 23.8 Å². The Bertz CT molecular complexity index is 349. The molecule has 0 aliphatic rings. The zero-order valence-corrected chi connectivity index (χ0v) is 7.90. The first-order chi connectivity index (χ1) is 6.50. The van der Waals surface area contributed by atoms with Crippen molar-refractivity contribution in [3.8, 4) is 11.5 Å². The summed E-state index contributed by atoms with van der Waals surface area (Å²) in [7, 11) is 0. The molecule has 4 nitrogen and oxygen atoms in total. The summed E-state index contributed by atoms with van der Waals surface area (Å²) in [5.74, 6) is -1.00. The van der Waals surface area contributed by atoms with Crippen molar-refractivity contribution in [3.63, 3.8) is 0 Å².